The Kier molecular flexibility index (Phi) is 6.42. The number of carbonyl (C=O) groups excluding carboxylic acids is 1. The minimum absolute atomic E-state index is 0.180. The number of benzene rings is 1. The van der Waals surface area contributed by atoms with Crippen LogP contribution in [-0.2, 0) is 11.3 Å². The van der Waals surface area contributed by atoms with E-state index in [4.69, 9.17) is 0 Å². The van der Waals surface area contributed by atoms with Crippen molar-refractivity contribution in [2.75, 3.05) is 32.7 Å². The van der Waals surface area contributed by atoms with Crippen molar-refractivity contribution < 1.29 is 18.0 Å². The summed E-state index contributed by atoms with van der Waals surface area (Å²) in [6.45, 7) is 2.61. The summed E-state index contributed by atoms with van der Waals surface area (Å²) < 4.78 is 41.6. The molecule has 27 heavy (non-hydrogen) atoms. The van der Waals surface area contributed by atoms with Crippen molar-refractivity contribution >= 4 is 5.91 Å². The quantitative estimate of drug-likeness (QED) is 0.794. The molecular formula is C20H28F3N3O. The number of nitrogens with zero attached hydrogens (tertiary/aromatic N) is 1. The first-order valence-corrected chi connectivity index (χ1v) is 9.73. The maximum Gasteiger partial charge on any atom is 0.404 e. The number of alkyl halides is 3. The third kappa shape index (κ3) is 4.82. The number of hydrogen-bond donors (Lipinski definition) is 2. The lowest BCUT2D eigenvalue weighted by molar-refractivity contribution is -0.218. The van der Waals surface area contributed by atoms with E-state index in [1.807, 2.05) is 30.3 Å². The van der Waals surface area contributed by atoms with Crippen molar-refractivity contribution in [1.29, 1.82) is 0 Å². The van der Waals surface area contributed by atoms with E-state index < -0.39 is 17.5 Å². The van der Waals surface area contributed by atoms with E-state index in [1.54, 1.807) is 4.90 Å². The molecule has 0 radical (unpaired) electrons. The number of rotatable bonds is 6. The molecule has 7 heteroatoms. The molecule has 150 valence electrons. The standard InChI is InChI=1S/C20H28F3N3O/c21-20(22,23)19(18(27)25-11-8-16-7-4-10-24-13-16)9-12-26(15-19)14-17-5-2-1-3-6-17/h1-3,5-6,16,24H,4,7-15H2,(H,25,27). The number of carbonyl (C=O) groups is 1. The summed E-state index contributed by atoms with van der Waals surface area (Å²) >= 11 is 0. The Morgan fingerprint density at radius 2 is 2.07 bits per heavy atom. The van der Waals surface area contributed by atoms with Crippen LogP contribution in [0.1, 0.15) is 31.2 Å². The first-order valence-electron chi connectivity index (χ1n) is 9.73. The molecule has 4 nitrogen and oxygen atoms in total. The summed E-state index contributed by atoms with van der Waals surface area (Å²) in [5.74, 6) is -0.437. The Morgan fingerprint density at radius 3 is 2.74 bits per heavy atom. The van der Waals surface area contributed by atoms with Gasteiger partial charge in [0.15, 0.2) is 5.41 Å². The second kappa shape index (κ2) is 8.61. The van der Waals surface area contributed by atoms with Crippen LogP contribution in [0.4, 0.5) is 13.2 Å². The maximum absolute atomic E-state index is 13.9. The Hall–Kier alpha value is -1.60. The van der Waals surface area contributed by atoms with Gasteiger partial charge in [0.2, 0.25) is 5.91 Å². The lowest BCUT2D eigenvalue weighted by atomic mass is 9.85. The topological polar surface area (TPSA) is 44.4 Å². The number of likely N-dealkylation sites (tertiary alicyclic amines) is 1. The molecular weight excluding hydrogens is 355 g/mol. The average Bonchev–Trinajstić information content (AvgIpc) is 3.09. The fourth-order valence-corrected chi connectivity index (χ4v) is 4.14. The molecule has 2 unspecified atom stereocenters. The molecule has 2 aliphatic rings. The van der Waals surface area contributed by atoms with Gasteiger partial charge in [-0.2, -0.15) is 13.2 Å². The van der Waals surface area contributed by atoms with Crippen LogP contribution in [0.5, 0.6) is 0 Å². The Bertz CT molecular complexity index is 617. The zero-order valence-corrected chi connectivity index (χ0v) is 15.5. The van der Waals surface area contributed by atoms with Gasteiger partial charge in [-0.25, -0.2) is 0 Å². The Labute approximate surface area is 158 Å². The van der Waals surface area contributed by atoms with Gasteiger partial charge < -0.3 is 10.6 Å². The van der Waals surface area contributed by atoms with Gasteiger partial charge in [-0.1, -0.05) is 30.3 Å². The zero-order chi connectivity index (χ0) is 19.3. The highest BCUT2D eigenvalue weighted by Crippen LogP contribution is 2.46. The van der Waals surface area contributed by atoms with Gasteiger partial charge in [0.05, 0.1) is 0 Å². The molecule has 2 fully saturated rings. The highest BCUT2D eigenvalue weighted by atomic mass is 19.4. The molecule has 1 amide bonds. The van der Waals surface area contributed by atoms with Crippen LogP contribution < -0.4 is 10.6 Å². The summed E-state index contributed by atoms with van der Waals surface area (Å²) in [4.78, 5) is 14.3. The van der Waals surface area contributed by atoms with Crippen molar-refractivity contribution in [3.05, 3.63) is 35.9 Å². The van der Waals surface area contributed by atoms with Crippen molar-refractivity contribution in [3.8, 4) is 0 Å². The summed E-state index contributed by atoms with van der Waals surface area (Å²) in [7, 11) is 0. The van der Waals surface area contributed by atoms with Crippen molar-refractivity contribution in [1.82, 2.24) is 15.5 Å². The van der Waals surface area contributed by atoms with Crippen LogP contribution >= 0.6 is 0 Å². The van der Waals surface area contributed by atoms with E-state index in [0.29, 0.717) is 19.0 Å². The van der Waals surface area contributed by atoms with Crippen LogP contribution in [0, 0.1) is 11.3 Å². The smallest absolute Gasteiger partial charge is 0.355 e. The number of amides is 1. The lowest BCUT2D eigenvalue weighted by Gasteiger charge is -2.31. The van der Waals surface area contributed by atoms with Gasteiger partial charge in [0.25, 0.3) is 0 Å². The molecule has 0 bridgehead atoms. The second-order valence-corrected chi connectivity index (χ2v) is 7.78. The molecule has 3 rings (SSSR count). The molecule has 2 heterocycles. The normalized spacial score (nSPS) is 26.9. The lowest BCUT2D eigenvalue weighted by Crippen LogP contribution is -2.52. The molecule has 0 saturated carbocycles. The largest absolute Gasteiger partial charge is 0.404 e. The van der Waals surface area contributed by atoms with Gasteiger partial charge in [0.1, 0.15) is 0 Å². The molecule has 0 aliphatic carbocycles. The molecule has 1 aromatic carbocycles. The minimum Gasteiger partial charge on any atom is -0.355 e. The van der Waals surface area contributed by atoms with Gasteiger partial charge in [-0.3, -0.25) is 9.69 Å². The fourth-order valence-electron chi connectivity index (χ4n) is 4.14. The average molecular weight is 383 g/mol. The van der Waals surface area contributed by atoms with Gasteiger partial charge in [0, 0.05) is 19.6 Å². The van der Waals surface area contributed by atoms with Gasteiger partial charge >= 0.3 is 6.18 Å². The molecule has 1 aromatic rings. The number of piperidine rings is 1. The summed E-state index contributed by atoms with van der Waals surface area (Å²) in [6.07, 6.45) is -1.85. The number of hydrogen-bond acceptors (Lipinski definition) is 3. The first kappa shape index (κ1) is 20.1. The van der Waals surface area contributed by atoms with Gasteiger partial charge in [-0.15, -0.1) is 0 Å². The van der Waals surface area contributed by atoms with Crippen molar-refractivity contribution in [3.63, 3.8) is 0 Å². The number of halogens is 3. The van der Waals surface area contributed by atoms with E-state index >= 15 is 0 Å². The van der Waals surface area contributed by atoms with Crippen LogP contribution in [0.2, 0.25) is 0 Å². The monoisotopic (exact) mass is 383 g/mol. The third-order valence-electron chi connectivity index (χ3n) is 5.81. The zero-order valence-electron chi connectivity index (χ0n) is 15.5. The summed E-state index contributed by atoms with van der Waals surface area (Å²) in [5, 5.41) is 5.88. The number of nitrogens with one attached hydrogen (secondary N) is 2. The Balaban J connectivity index is 1.58. The van der Waals surface area contributed by atoms with E-state index in [0.717, 1.165) is 37.9 Å². The van der Waals surface area contributed by atoms with E-state index in [-0.39, 0.29) is 19.5 Å². The fraction of sp³-hybridized carbons (Fsp3) is 0.650. The summed E-state index contributed by atoms with van der Waals surface area (Å²) in [6, 6.07) is 9.41. The van der Waals surface area contributed by atoms with Crippen LogP contribution in [-0.4, -0.2) is 49.7 Å². The molecule has 0 spiro atoms. The molecule has 2 aliphatic heterocycles. The first-order chi connectivity index (χ1) is 12.9. The highest BCUT2D eigenvalue weighted by Gasteiger charge is 2.62. The second-order valence-electron chi connectivity index (χ2n) is 7.78. The SMILES string of the molecule is O=C(NCCC1CCCNC1)C1(C(F)(F)F)CCN(Cc2ccccc2)C1. The van der Waals surface area contributed by atoms with E-state index in [9.17, 15) is 18.0 Å². The van der Waals surface area contributed by atoms with Crippen LogP contribution in [0.25, 0.3) is 0 Å². The van der Waals surface area contributed by atoms with E-state index in [1.165, 1.54) is 0 Å². The van der Waals surface area contributed by atoms with Crippen molar-refractivity contribution in [2.45, 2.75) is 38.4 Å². The molecule has 0 aromatic heterocycles. The van der Waals surface area contributed by atoms with Crippen LogP contribution in [0.15, 0.2) is 30.3 Å². The predicted molar refractivity (Wildman–Crippen MR) is 98.0 cm³/mol. The minimum atomic E-state index is -4.55. The molecule has 2 N–H and O–H groups in total. The predicted octanol–water partition coefficient (Wildman–Crippen LogP) is 2.95. The molecule has 2 saturated heterocycles. The van der Waals surface area contributed by atoms with Crippen molar-refractivity contribution in [2.24, 2.45) is 11.3 Å². The van der Waals surface area contributed by atoms with Gasteiger partial charge in [-0.05, 0) is 56.8 Å². The Morgan fingerprint density at radius 1 is 1.30 bits per heavy atom. The van der Waals surface area contributed by atoms with Crippen LogP contribution in [0.3, 0.4) is 0 Å². The highest BCUT2D eigenvalue weighted by molar-refractivity contribution is 5.84. The third-order valence-corrected chi connectivity index (χ3v) is 5.81. The molecule has 2 atom stereocenters. The summed E-state index contributed by atoms with van der Waals surface area (Å²) in [5.41, 5.74) is -1.34. The van der Waals surface area contributed by atoms with E-state index in [2.05, 4.69) is 10.6 Å². The maximum atomic E-state index is 13.9.